The Bertz CT molecular complexity index is 895. The molecule has 7 heteroatoms. The zero-order valence-corrected chi connectivity index (χ0v) is 18.4. The molecule has 2 rings (SSSR count). The highest BCUT2D eigenvalue weighted by atomic mass is 16.5. The fourth-order valence-corrected chi connectivity index (χ4v) is 2.91. The standard InChI is InChI=1S/C24H30N2O5/c1-5-16(3)20-9-7-8-10-21(20)26-23(28)17(4)31-22(27)15-25-24(29)18-11-13-19(14-12-18)30-6-2/h7-14,16-17H,5-6,15H2,1-4H3,(H,25,29)(H,26,28)/t16-,17+/m1/s1. The molecule has 0 aliphatic carbocycles. The summed E-state index contributed by atoms with van der Waals surface area (Å²) < 4.78 is 10.5. The molecule has 0 aliphatic heterocycles. The van der Waals surface area contributed by atoms with Crippen molar-refractivity contribution in [3.05, 3.63) is 59.7 Å². The summed E-state index contributed by atoms with van der Waals surface area (Å²) in [5, 5.41) is 5.31. The Kier molecular flexibility index (Phi) is 9.06. The topological polar surface area (TPSA) is 93.7 Å². The summed E-state index contributed by atoms with van der Waals surface area (Å²) in [5.41, 5.74) is 2.12. The van der Waals surface area contributed by atoms with Crippen molar-refractivity contribution >= 4 is 23.5 Å². The minimum Gasteiger partial charge on any atom is -0.494 e. The van der Waals surface area contributed by atoms with Gasteiger partial charge >= 0.3 is 5.97 Å². The Morgan fingerprint density at radius 1 is 0.968 bits per heavy atom. The van der Waals surface area contributed by atoms with E-state index in [1.807, 2.05) is 31.2 Å². The van der Waals surface area contributed by atoms with E-state index >= 15 is 0 Å². The SMILES string of the molecule is CCOc1ccc(C(=O)NCC(=O)O[C@@H](C)C(=O)Nc2ccccc2[C@H](C)CC)cc1. The van der Waals surface area contributed by atoms with Gasteiger partial charge in [-0.3, -0.25) is 14.4 Å². The molecule has 0 unspecified atom stereocenters. The number of benzene rings is 2. The van der Waals surface area contributed by atoms with Crippen LogP contribution in [0.1, 0.15) is 56.0 Å². The Balaban J connectivity index is 1.85. The summed E-state index contributed by atoms with van der Waals surface area (Å²) in [5.74, 6) is -0.598. The van der Waals surface area contributed by atoms with Crippen molar-refractivity contribution in [1.82, 2.24) is 5.32 Å². The first-order chi connectivity index (χ1) is 14.8. The highest BCUT2D eigenvalue weighted by Gasteiger charge is 2.20. The number of ether oxygens (including phenoxy) is 2. The van der Waals surface area contributed by atoms with E-state index in [1.54, 1.807) is 24.3 Å². The number of hydrogen-bond donors (Lipinski definition) is 2. The fraction of sp³-hybridized carbons (Fsp3) is 0.375. The third kappa shape index (κ3) is 7.13. The normalized spacial score (nSPS) is 12.4. The van der Waals surface area contributed by atoms with E-state index in [0.29, 0.717) is 23.6 Å². The van der Waals surface area contributed by atoms with Gasteiger partial charge < -0.3 is 20.1 Å². The van der Waals surface area contributed by atoms with Gasteiger partial charge in [0.2, 0.25) is 0 Å². The van der Waals surface area contributed by atoms with Gasteiger partial charge in [-0.05, 0) is 62.1 Å². The number of nitrogens with one attached hydrogen (secondary N) is 2. The highest BCUT2D eigenvalue weighted by Crippen LogP contribution is 2.26. The Labute approximate surface area is 183 Å². The van der Waals surface area contributed by atoms with Crippen LogP contribution in [0.15, 0.2) is 48.5 Å². The van der Waals surface area contributed by atoms with Crippen LogP contribution in [0, 0.1) is 0 Å². The number of hydrogen-bond acceptors (Lipinski definition) is 5. The molecule has 0 spiro atoms. The van der Waals surface area contributed by atoms with Gasteiger partial charge in [0.1, 0.15) is 12.3 Å². The van der Waals surface area contributed by atoms with Crippen molar-refractivity contribution in [3.8, 4) is 5.75 Å². The van der Waals surface area contributed by atoms with Crippen LogP contribution < -0.4 is 15.4 Å². The minimum atomic E-state index is -1.00. The summed E-state index contributed by atoms with van der Waals surface area (Å²) in [6, 6.07) is 14.1. The molecular weight excluding hydrogens is 396 g/mol. The third-order valence-corrected chi connectivity index (χ3v) is 4.86. The second kappa shape index (κ2) is 11.7. The summed E-state index contributed by atoms with van der Waals surface area (Å²) in [4.78, 5) is 36.7. The van der Waals surface area contributed by atoms with Gasteiger partial charge in [0.05, 0.1) is 6.61 Å². The quantitative estimate of drug-likeness (QED) is 0.562. The number of anilines is 1. The van der Waals surface area contributed by atoms with Crippen molar-refractivity contribution in [2.24, 2.45) is 0 Å². The molecule has 0 heterocycles. The lowest BCUT2D eigenvalue weighted by atomic mass is 9.97. The zero-order valence-electron chi connectivity index (χ0n) is 18.4. The number of rotatable bonds is 10. The molecule has 0 bridgehead atoms. The molecule has 2 aromatic carbocycles. The van der Waals surface area contributed by atoms with Gasteiger partial charge in [0.15, 0.2) is 6.10 Å². The molecule has 0 saturated heterocycles. The molecule has 31 heavy (non-hydrogen) atoms. The van der Waals surface area contributed by atoms with E-state index in [4.69, 9.17) is 9.47 Å². The maximum Gasteiger partial charge on any atom is 0.326 e. The molecule has 0 fully saturated rings. The van der Waals surface area contributed by atoms with Crippen LogP contribution in [0.4, 0.5) is 5.69 Å². The summed E-state index contributed by atoms with van der Waals surface area (Å²) in [7, 11) is 0. The summed E-state index contributed by atoms with van der Waals surface area (Å²) >= 11 is 0. The number of esters is 1. The second-order valence-corrected chi connectivity index (χ2v) is 7.16. The van der Waals surface area contributed by atoms with Gasteiger partial charge in [-0.2, -0.15) is 0 Å². The number of amides is 2. The first-order valence-corrected chi connectivity index (χ1v) is 10.5. The van der Waals surface area contributed by atoms with Crippen molar-refractivity contribution in [1.29, 1.82) is 0 Å². The highest BCUT2D eigenvalue weighted by molar-refractivity contribution is 5.97. The smallest absolute Gasteiger partial charge is 0.326 e. The molecule has 2 atom stereocenters. The van der Waals surface area contributed by atoms with Crippen LogP contribution >= 0.6 is 0 Å². The number of para-hydroxylation sites is 1. The summed E-state index contributed by atoms with van der Waals surface area (Å²) in [6.45, 7) is 7.72. The predicted octanol–water partition coefficient (Wildman–Crippen LogP) is 3.90. The van der Waals surface area contributed by atoms with Crippen molar-refractivity contribution in [2.75, 3.05) is 18.5 Å². The van der Waals surface area contributed by atoms with Gasteiger partial charge in [-0.25, -0.2) is 0 Å². The molecule has 0 radical (unpaired) electrons. The van der Waals surface area contributed by atoms with Gasteiger partial charge in [0.25, 0.3) is 11.8 Å². The van der Waals surface area contributed by atoms with Crippen molar-refractivity contribution in [2.45, 2.75) is 46.1 Å². The number of carbonyl (C=O) groups is 3. The van der Waals surface area contributed by atoms with Crippen molar-refractivity contribution < 1.29 is 23.9 Å². The summed E-state index contributed by atoms with van der Waals surface area (Å²) in [6.07, 6.45) is -0.0641. The van der Waals surface area contributed by atoms with Crippen LogP contribution in [0.25, 0.3) is 0 Å². The first-order valence-electron chi connectivity index (χ1n) is 10.5. The predicted molar refractivity (Wildman–Crippen MR) is 119 cm³/mol. The van der Waals surface area contributed by atoms with E-state index in [-0.39, 0.29) is 12.5 Å². The van der Waals surface area contributed by atoms with E-state index < -0.39 is 23.9 Å². The lowest BCUT2D eigenvalue weighted by Crippen LogP contribution is -2.36. The average molecular weight is 427 g/mol. The molecule has 2 amide bonds. The Hall–Kier alpha value is -3.35. The molecule has 2 aromatic rings. The van der Waals surface area contributed by atoms with Crippen LogP contribution in [0.3, 0.4) is 0 Å². The average Bonchev–Trinajstić information content (AvgIpc) is 2.78. The van der Waals surface area contributed by atoms with E-state index in [0.717, 1.165) is 12.0 Å². The maximum absolute atomic E-state index is 12.5. The largest absolute Gasteiger partial charge is 0.494 e. The van der Waals surface area contributed by atoms with Crippen LogP contribution in [-0.2, 0) is 14.3 Å². The fourth-order valence-electron chi connectivity index (χ4n) is 2.91. The van der Waals surface area contributed by atoms with E-state index in [9.17, 15) is 14.4 Å². The van der Waals surface area contributed by atoms with Gasteiger partial charge in [0, 0.05) is 11.3 Å². The lowest BCUT2D eigenvalue weighted by molar-refractivity contribution is -0.152. The van der Waals surface area contributed by atoms with Crippen LogP contribution in [0.5, 0.6) is 5.75 Å². The molecule has 166 valence electrons. The molecule has 0 saturated carbocycles. The molecular formula is C24H30N2O5. The van der Waals surface area contributed by atoms with Gasteiger partial charge in [-0.1, -0.05) is 32.0 Å². The molecule has 2 N–H and O–H groups in total. The first kappa shape index (κ1) is 23.9. The molecule has 0 aromatic heterocycles. The van der Waals surface area contributed by atoms with Gasteiger partial charge in [-0.15, -0.1) is 0 Å². The lowest BCUT2D eigenvalue weighted by Gasteiger charge is -2.18. The van der Waals surface area contributed by atoms with Crippen molar-refractivity contribution in [3.63, 3.8) is 0 Å². The maximum atomic E-state index is 12.5. The second-order valence-electron chi connectivity index (χ2n) is 7.16. The van der Waals surface area contributed by atoms with Crippen LogP contribution in [0.2, 0.25) is 0 Å². The Morgan fingerprint density at radius 2 is 1.65 bits per heavy atom. The molecule has 7 nitrogen and oxygen atoms in total. The molecule has 0 aliphatic rings. The van der Waals surface area contributed by atoms with E-state index in [1.165, 1.54) is 6.92 Å². The third-order valence-electron chi connectivity index (χ3n) is 4.86. The monoisotopic (exact) mass is 426 g/mol. The minimum absolute atomic E-state index is 0.284. The number of carbonyl (C=O) groups excluding carboxylic acids is 3. The van der Waals surface area contributed by atoms with E-state index in [2.05, 4.69) is 24.5 Å². The zero-order chi connectivity index (χ0) is 22.8. The van der Waals surface area contributed by atoms with Crippen LogP contribution in [-0.4, -0.2) is 37.0 Å². The Morgan fingerprint density at radius 3 is 2.29 bits per heavy atom.